The summed E-state index contributed by atoms with van der Waals surface area (Å²) in [7, 11) is 0. The Kier molecular flexibility index (Phi) is 11.4. The van der Waals surface area contributed by atoms with Crippen molar-refractivity contribution in [3.05, 3.63) is 56.5 Å². The van der Waals surface area contributed by atoms with Crippen molar-refractivity contribution in [3.8, 4) is 11.5 Å². The first-order valence-electron chi connectivity index (χ1n) is 13.2. The van der Waals surface area contributed by atoms with E-state index in [1.807, 2.05) is 18.2 Å². The van der Waals surface area contributed by atoms with Crippen LogP contribution < -0.4 is 4.74 Å². The molecule has 1 heterocycles. The minimum atomic E-state index is -0.214. The zero-order valence-electron chi connectivity index (χ0n) is 21.5. The maximum atomic E-state index is 12.3. The van der Waals surface area contributed by atoms with E-state index in [9.17, 15) is 14.4 Å². The van der Waals surface area contributed by atoms with Crippen LogP contribution in [-0.4, -0.2) is 28.1 Å². The summed E-state index contributed by atoms with van der Waals surface area (Å²) in [5, 5.41) is 9.16. The van der Waals surface area contributed by atoms with Crippen LogP contribution in [0.5, 0.6) is 11.5 Å². The quantitative estimate of drug-likeness (QED) is 0.250. The summed E-state index contributed by atoms with van der Waals surface area (Å²) in [4.78, 5) is 33.8. The van der Waals surface area contributed by atoms with Gasteiger partial charge >= 0.3 is 0 Å². The van der Waals surface area contributed by atoms with E-state index in [0.717, 1.165) is 58.8 Å². The van der Waals surface area contributed by atoms with Crippen LogP contribution in [0.3, 0.4) is 0 Å². The predicted octanol–water partition coefficient (Wildman–Crippen LogP) is 8.77. The minimum Gasteiger partial charge on any atom is -0.507 e. The van der Waals surface area contributed by atoms with Crippen molar-refractivity contribution < 1.29 is 24.2 Å². The number of Topliss-reactive ketones (excluding diaryl/α,β-unsaturated/α-hetero) is 3. The van der Waals surface area contributed by atoms with E-state index in [2.05, 4.69) is 31.9 Å². The molecular weight excluding hydrogens is 600 g/mol. The molecule has 0 atom stereocenters. The SMILES string of the molecule is CC(=O)c1cc(Br)ccc1O.O=C1CC2(CCCCCC2)Oc2ccc(Br)cc21.O=C1CCCCCC1. The third-order valence-corrected chi connectivity index (χ3v) is 8.05. The number of fused-ring (bicyclic) bond motifs is 1. The Morgan fingerprint density at radius 3 is 2.00 bits per heavy atom. The molecule has 0 amide bonds. The molecule has 1 N–H and O–H groups in total. The fourth-order valence-electron chi connectivity index (χ4n) is 5.03. The van der Waals surface area contributed by atoms with Gasteiger partial charge in [-0.05, 0) is 81.8 Å². The van der Waals surface area contributed by atoms with Gasteiger partial charge in [0.05, 0.1) is 17.5 Å². The second-order valence-electron chi connectivity index (χ2n) is 10.1. The van der Waals surface area contributed by atoms with Gasteiger partial charge in [0.1, 0.15) is 22.9 Å². The molecule has 2 aliphatic carbocycles. The number of ether oxygens (including phenoxy) is 1. The third kappa shape index (κ3) is 9.06. The minimum absolute atomic E-state index is 0.0284. The van der Waals surface area contributed by atoms with Crippen molar-refractivity contribution in [2.75, 3.05) is 0 Å². The lowest BCUT2D eigenvalue weighted by Crippen LogP contribution is -2.41. The number of carbonyl (C=O) groups is 3. The zero-order chi connectivity index (χ0) is 26.8. The molecule has 5 nitrogen and oxygen atoms in total. The van der Waals surface area contributed by atoms with Crippen LogP contribution in [0.2, 0.25) is 0 Å². The molecule has 0 bridgehead atoms. The highest BCUT2D eigenvalue weighted by molar-refractivity contribution is 9.10. The van der Waals surface area contributed by atoms with Gasteiger partial charge in [-0.3, -0.25) is 14.4 Å². The first-order valence-corrected chi connectivity index (χ1v) is 14.8. The zero-order valence-corrected chi connectivity index (χ0v) is 24.7. The summed E-state index contributed by atoms with van der Waals surface area (Å²) in [6, 6.07) is 10.5. The molecular formula is C30H36Br2O5. The lowest BCUT2D eigenvalue weighted by atomic mass is 9.84. The van der Waals surface area contributed by atoms with Crippen LogP contribution in [-0.2, 0) is 4.79 Å². The molecule has 200 valence electrons. The van der Waals surface area contributed by atoms with E-state index in [-0.39, 0.29) is 22.9 Å². The Hall–Kier alpha value is -1.99. The number of aromatic hydroxyl groups is 1. The number of hydrogen-bond donors (Lipinski definition) is 1. The number of phenolic OH excluding ortho intramolecular Hbond substituents is 1. The van der Waals surface area contributed by atoms with Gasteiger partial charge in [0.25, 0.3) is 0 Å². The van der Waals surface area contributed by atoms with Crippen LogP contribution in [0.1, 0.15) is 111 Å². The van der Waals surface area contributed by atoms with Gasteiger partial charge in [-0.15, -0.1) is 0 Å². The third-order valence-electron chi connectivity index (χ3n) is 7.07. The highest BCUT2D eigenvalue weighted by Gasteiger charge is 2.40. The monoisotopic (exact) mass is 634 g/mol. The Bertz CT molecular complexity index is 1090. The summed E-state index contributed by atoms with van der Waals surface area (Å²) in [5.41, 5.74) is 0.868. The van der Waals surface area contributed by atoms with Crippen LogP contribution in [0.25, 0.3) is 0 Å². The summed E-state index contributed by atoms with van der Waals surface area (Å²) in [5.74, 6) is 1.38. The molecule has 2 aromatic carbocycles. The number of benzene rings is 2. The molecule has 7 heteroatoms. The van der Waals surface area contributed by atoms with Gasteiger partial charge in [0.2, 0.25) is 0 Å². The van der Waals surface area contributed by atoms with Gasteiger partial charge in [0, 0.05) is 21.8 Å². The number of hydrogen-bond acceptors (Lipinski definition) is 5. The van der Waals surface area contributed by atoms with Gasteiger partial charge in [-0.25, -0.2) is 0 Å². The Morgan fingerprint density at radius 1 is 0.838 bits per heavy atom. The summed E-state index contributed by atoms with van der Waals surface area (Å²) < 4.78 is 7.96. The highest BCUT2D eigenvalue weighted by atomic mass is 79.9. The molecule has 1 aliphatic heterocycles. The van der Waals surface area contributed by atoms with Crippen molar-refractivity contribution in [1.29, 1.82) is 0 Å². The molecule has 0 saturated heterocycles. The molecule has 37 heavy (non-hydrogen) atoms. The smallest absolute Gasteiger partial charge is 0.170 e. The largest absolute Gasteiger partial charge is 0.507 e. The molecule has 3 aliphatic rings. The topological polar surface area (TPSA) is 80.7 Å². The summed E-state index contributed by atoms with van der Waals surface area (Å²) in [6.07, 6.45) is 14.0. The van der Waals surface area contributed by atoms with Crippen molar-refractivity contribution in [1.82, 2.24) is 0 Å². The predicted molar refractivity (Wildman–Crippen MR) is 153 cm³/mol. The van der Waals surface area contributed by atoms with Crippen molar-refractivity contribution >= 4 is 49.2 Å². The van der Waals surface area contributed by atoms with E-state index in [1.54, 1.807) is 12.1 Å². The average Bonchev–Trinajstić information content (AvgIpc) is 3.24. The Morgan fingerprint density at radius 2 is 1.41 bits per heavy atom. The molecule has 1 spiro atoms. The molecule has 0 radical (unpaired) electrons. The maximum absolute atomic E-state index is 12.3. The van der Waals surface area contributed by atoms with E-state index < -0.39 is 0 Å². The van der Waals surface area contributed by atoms with Gasteiger partial charge in [0.15, 0.2) is 11.6 Å². The summed E-state index contributed by atoms with van der Waals surface area (Å²) in [6.45, 7) is 1.42. The van der Waals surface area contributed by atoms with Crippen molar-refractivity contribution in [2.24, 2.45) is 0 Å². The second kappa shape index (κ2) is 14.2. The van der Waals surface area contributed by atoms with Crippen LogP contribution in [0, 0.1) is 0 Å². The van der Waals surface area contributed by atoms with Gasteiger partial charge < -0.3 is 9.84 Å². The van der Waals surface area contributed by atoms with E-state index in [0.29, 0.717) is 17.8 Å². The lowest BCUT2D eigenvalue weighted by Gasteiger charge is -2.37. The molecule has 2 aromatic rings. The maximum Gasteiger partial charge on any atom is 0.170 e. The fraction of sp³-hybridized carbons (Fsp3) is 0.500. The molecule has 0 aromatic heterocycles. The molecule has 2 saturated carbocycles. The highest BCUT2D eigenvalue weighted by Crippen LogP contribution is 2.41. The number of carbonyl (C=O) groups excluding carboxylic acids is 3. The number of ketones is 3. The Labute approximate surface area is 236 Å². The van der Waals surface area contributed by atoms with Crippen LogP contribution in [0.4, 0.5) is 0 Å². The number of rotatable bonds is 1. The lowest BCUT2D eigenvalue weighted by molar-refractivity contribution is -0.118. The molecule has 5 rings (SSSR count). The van der Waals surface area contributed by atoms with E-state index >= 15 is 0 Å². The van der Waals surface area contributed by atoms with Gasteiger partial charge in [-0.2, -0.15) is 0 Å². The average molecular weight is 636 g/mol. The van der Waals surface area contributed by atoms with E-state index in [1.165, 1.54) is 51.5 Å². The number of phenols is 1. The van der Waals surface area contributed by atoms with E-state index in [4.69, 9.17) is 9.84 Å². The standard InChI is InChI=1S/C15H17BrO2.C8H7BrO2.C7H12O/c16-11-5-6-14-12(9-11)13(17)10-15(18-14)7-3-1-2-4-8-15;1-5(10)7-4-6(9)2-3-8(7)11;8-7-5-3-1-2-4-6-7/h5-6,9H,1-4,7-8,10H2;2-4,11H,1H3;1-6H2. The Balaban J connectivity index is 0.000000171. The second-order valence-corrected chi connectivity index (χ2v) is 11.9. The van der Waals surface area contributed by atoms with Gasteiger partial charge in [-0.1, -0.05) is 57.5 Å². The van der Waals surface area contributed by atoms with Crippen molar-refractivity contribution in [2.45, 2.75) is 96.0 Å². The molecule has 0 unspecified atom stereocenters. The fourth-order valence-corrected chi connectivity index (χ4v) is 5.75. The molecule has 2 fully saturated rings. The first-order chi connectivity index (χ1) is 17.7. The first kappa shape index (κ1) is 29.6. The van der Waals surface area contributed by atoms with Crippen LogP contribution >= 0.6 is 31.9 Å². The number of halogens is 2. The van der Waals surface area contributed by atoms with Crippen LogP contribution in [0.15, 0.2) is 45.3 Å². The summed E-state index contributed by atoms with van der Waals surface area (Å²) >= 11 is 6.61. The normalized spacial score (nSPS) is 18.6. The van der Waals surface area contributed by atoms with Crippen molar-refractivity contribution in [3.63, 3.8) is 0 Å².